The van der Waals surface area contributed by atoms with Crippen LogP contribution in [0.25, 0.3) is 0 Å². The zero-order chi connectivity index (χ0) is 11.5. The first kappa shape index (κ1) is 10.6. The Morgan fingerprint density at radius 1 is 1.12 bits per heavy atom. The number of amides is 3. The van der Waals surface area contributed by atoms with E-state index in [4.69, 9.17) is 11.6 Å². The number of benzene rings is 1. The number of carbonyl (C=O) groups excluding carboxylic acids is 2. The summed E-state index contributed by atoms with van der Waals surface area (Å²) in [5.41, 5.74) is 0.634. The third-order valence-corrected chi connectivity index (χ3v) is 2.18. The average molecular weight is 238 g/mol. The Morgan fingerprint density at radius 3 is 2.44 bits per heavy atom. The number of amidine groups is 1. The molecule has 0 aliphatic carbocycles. The van der Waals surface area contributed by atoms with Crippen molar-refractivity contribution in [3.05, 3.63) is 29.3 Å². The molecule has 0 atom stereocenters. The summed E-state index contributed by atoms with van der Waals surface area (Å²) < 4.78 is 0. The third-order valence-electron chi connectivity index (χ3n) is 1.93. The van der Waals surface area contributed by atoms with E-state index in [1.807, 2.05) is 0 Å². The second kappa shape index (κ2) is 4.32. The summed E-state index contributed by atoms with van der Waals surface area (Å²) in [5.74, 6) is -0.0347. The lowest BCUT2D eigenvalue weighted by Crippen LogP contribution is -2.49. The summed E-state index contributed by atoms with van der Waals surface area (Å²) in [6, 6.07) is 6.23. The molecule has 5 nitrogen and oxygen atoms in total. The fraction of sp³-hybridized carbons (Fsp3) is 0.100. The maximum absolute atomic E-state index is 11.1. The predicted octanol–water partition coefficient (Wildman–Crippen LogP) is 1.60. The molecule has 1 aliphatic rings. The van der Waals surface area contributed by atoms with Crippen molar-refractivity contribution < 1.29 is 9.59 Å². The lowest BCUT2D eigenvalue weighted by Gasteiger charge is -2.14. The van der Waals surface area contributed by atoms with E-state index in [0.717, 1.165) is 0 Å². The van der Waals surface area contributed by atoms with Gasteiger partial charge in [0.2, 0.25) is 5.91 Å². The van der Waals surface area contributed by atoms with Crippen LogP contribution in [0.4, 0.5) is 10.5 Å². The van der Waals surface area contributed by atoms with Crippen LogP contribution in [-0.4, -0.2) is 17.8 Å². The van der Waals surface area contributed by atoms with Gasteiger partial charge in [-0.1, -0.05) is 11.6 Å². The predicted molar refractivity (Wildman–Crippen MR) is 59.8 cm³/mol. The van der Waals surface area contributed by atoms with Crippen molar-refractivity contribution in [1.29, 1.82) is 0 Å². The molecule has 0 saturated carbocycles. The Kier molecular flexibility index (Phi) is 2.87. The van der Waals surface area contributed by atoms with Gasteiger partial charge in [0.25, 0.3) is 0 Å². The van der Waals surface area contributed by atoms with Gasteiger partial charge in [-0.05, 0) is 24.3 Å². The van der Waals surface area contributed by atoms with E-state index in [1.165, 1.54) is 0 Å². The minimum atomic E-state index is -0.552. The molecule has 1 aromatic carbocycles. The summed E-state index contributed by atoms with van der Waals surface area (Å²) >= 11 is 5.72. The van der Waals surface area contributed by atoms with Gasteiger partial charge in [-0.25, -0.2) is 9.79 Å². The summed E-state index contributed by atoms with van der Waals surface area (Å²) in [7, 11) is 0. The number of carbonyl (C=O) groups is 2. The number of nitrogens with zero attached hydrogens (tertiary/aromatic N) is 1. The normalized spacial score (nSPS) is 18.2. The minimum Gasteiger partial charge on any atom is -0.295 e. The van der Waals surface area contributed by atoms with Crippen LogP contribution in [0.3, 0.4) is 0 Å². The molecule has 16 heavy (non-hydrogen) atoms. The van der Waals surface area contributed by atoms with Crippen LogP contribution in [0.2, 0.25) is 5.02 Å². The quantitative estimate of drug-likeness (QED) is 0.779. The van der Waals surface area contributed by atoms with E-state index in [1.54, 1.807) is 24.3 Å². The van der Waals surface area contributed by atoms with E-state index in [9.17, 15) is 9.59 Å². The summed E-state index contributed by atoms with van der Waals surface area (Å²) in [4.78, 5) is 26.2. The molecule has 0 unspecified atom stereocenters. The molecule has 1 fully saturated rings. The van der Waals surface area contributed by atoms with Crippen LogP contribution in [0.5, 0.6) is 0 Å². The molecule has 0 spiro atoms. The SMILES string of the molecule is O=C1CC(=Nc2ccc(Cl)cc2)NC(=O)N1. The van der Waals surface area contributed by atoms with Gasteiger partial charge in [-0.3, -0.25) is 15.4 Å². The standard InChI is InChI=1S/C10H8ClN3O2/c11-6-1-3-7(4-2-6)12-8-5-9(15)14-10(16)13-8/h1-4H,5H2,(H2,12,13,14,15,16). The monoisotopic (exact) mass is 237 g/mol. The number of rotatable bonds is 1. The Morgan fingerprint density at radius 2 is 1.81 bits per heavy atom. The molecule has 0 bridgehead atoms. The highest BCUT2D eigenvalue weighted by Crippen LogP contribution is 2.16. The van der Waals surface area contributed by atoms with Gasteiger partial charge in [-0.15, -0.1) is 0 Å². The molecule has 0 aromatic heterocycles. The third kappa shape index (κ3) is 2.58. The Labute approximate surface area is 96.5 Å². The van der Waals surface area contributed by atoms with Crippen molar-refractivity contribution in [2.24, 2.45) is 4.99 Å². The Bertz CT molecular complexity index is 449. The second-order valence-electron chi connectivity index (χ2n) is 3.21. The largest absolute Gasteiger partial charge is 0.326 e. The topological polar surface area (TPSA) is 70.6 Å². The molecule has 2 rings (SSSR count). The number of imide groups is 1. The van der Waals surface area contributed by atoms with Gasteiger partial charge in [0.1, 0.15) is 5.84 Å². The fourth-order valence-corrected chi connectivity index (χ4v) is 1.39. The summed E-state index contributed by atoms with van der Waals surface area (Å²) in [6.45, 7) is 0. The van der Waals surface area contributed by atoms with Crippen LogP contribution in [0.1, 0.15) is 6.42 Å². The van der Waals surface area contributed by atoms with Gasteiger partial charge in [0, 0.05) is 5.02 Å². The van der Waals surface area contributed by atoms with Crippen molar-refractivity contribution in [3.8, 4) is 0 Å². The molecular weight excluding hydrogens is 230 g/mol. The minimum absolute atomic E-state index is 0.0639. The zero-order valence-corrected chi connectivity index (χ0v) is 8.91. The Balaban J connectivity index is 2.20. The number of hydrogen-bond donors (Lipinski definition) is 2. The van der Waals surface area contributed by atoms with Gasteiger partial charge in [-0.2, -0.15) is 0 Å². The highest BCUT2D eigenvalue weighted by atomic mass is 35.5. The van der Waals surface area contributed by atoms with E-state index in [0.29, 0.717) is 16.5 Å². The highest BCUT2D eigenvalue weighted by molar-refractivity contribution is 6.30. The van der Waals surface area contributed by atoms with Crippen molar-refractivity contribution in [3.63, 3.8) is 0 Å². The molecule has 82 valence electrons. The van der Waals surface area contributed by atoms with Crippen LogP contribution in [-0.2, 0) is 4.79 Å². The lowest BCUT2D eigenvalue weighted by molar-refractivity contribution is -0.119. The van der Waals surface area contributed by atoms with E-state index >= 15 is 0 Å². The first-order chi connectivity index (χ1) is 7.63. The van der Waals surface area contributed by atoms with Crippen molar-refractivity contribution >= 4 is 35.1 Å². The van der Waals surface area contributed by atoms with Gasteiger partial charge < -0.3 is 0 Å². The van der Waals surface area contributed by atoms with Crippen LogP contribution in [0, 0.1) is 0 Å². The summed E-state index contributed by atoms with van der Waals surface area (Å²) in [5, 5.41) is 5.18. The van der Waals surface area contributed by atoms with Crippen LogP contribution < -0.4 is 10.6 Å². The van der Waals surface area contributed by atoms with Crippen LogP contribution in [0.15, 0.2) is 29.3 Å². The smallest absolute Gasteiger partial charge is 0.295 e. The van der Waals surface area contributed by atoms with E-state index < -0.39 is 6.03 Å². The maximum Gasteiger partial charge on any atom is 0.326 e. The van der Waals surface area contributed by atoms with Crippen molar-refractivity contribution in [1.82, 2.24) is 10.6 Å². The molecule has 1 saturated heterocycles. The molecule has 2 N–H and O–H groups in total. The zero-order valence-electron chi connectivity index (χ0n) is 8.16. The number of nitrogens with one attached hydrogen (secondary N) is 2. The first-order valence-corrected chi connectivity index (χ1v) is 4.95. The van der Waals surface area contributed by atoms with Crippen molar-refractivity contribution in [2.45, 2.75) is 6.42 Å². The molecule has 0 radical (unpaired) electrons. The molecule has 1 aliphatic heterocycles. The first-order valence-electron chi connectivity index (χ1n) is 4.57. The lowest BCUT2D eigenvalue weighted by atomic mass is 10.3. The molecule has 1 aromatic rings. The van der Waals surface area contributed by atoms with Crippen LogP contribution >= 0.6 is 11.6 Å². The second-order valence-corrected chi connectivity index (χ2v) is 3.65. The van der Waals surface area contributed by atoms with Crippen molar-refractivity contribution in [2.75, 3.05) is 0 Å². The number of hydrogen-bond acceptors (Lipinski definition) is 3. The molecular formula is C10H8ClN3O2. The van der Waals surface area contributed by atoms with Gasteiger partial charge in [0.05, 0.1) is 12.1 Å². The molecule has 6 heteroatoms. The van der Waals surface area contributed by atoms with E-state index in [2.05, 4.69) is 15.6 Å². The number of urea groups is 1. The Hall–Kier alpha value is -1.88. The average Bonchev–Trinajstić information content (AvgIpc) is 2.20. The maximum atomic E-state index is 11.1. The molecule has 3 amide bonds. The fourth-order valence-electron chi connectivity index (χ4n) is 1.27. The number of halogens is 1. The molecule has 1 heterocycles. The van der Waals surface area contributed by atoms with Gasteiger partial charge in [0.15, 0.2) is 0 Å². The highest BCUT2D eigenvalue weighted by Gasteiger charge is 2.19. The number of aliphatic imine (C=N–C) groups is 1. The van der Waals surface area contributed by atoms with Gasteiger partial charge >= 0.3 is 6.03 Å². The van der Waals surface area contributed by atoms with E-state index in [-0.39, 0.29) is 12.3 Å². The summed E-state index contributed by atoms with van der Waals surface area (Å²) in [6.07, 6.45) is 0.0639.